The van der Waals surface area contributed by atoms with Gasteiger partial charge in [-0.1, -0.05) is 48.0 Å². The molecule has 1 heterocycles. The van der Waals surface area contributed by atoms with Crippen molar-refractivity contribution in [2.75, 3.05) is 5.32 Å². The molecular weight excluding hydrogens is 401 g/mol. The first-order valence-electron chi connectivity index (χ1n) is 8.13. The molecule has 3 aromatic rings. The number of nitrogens with one attached hydrogen (secondary N) is 1. The zero-order valence-corrected chi connectivity index (χ0v) is 15.9. The lowest BCUT2D eigenvalue weighted by molar-refractivity contribution is 0.102. The molecule has 7 heteroatoms. The third-order valence-corrected chi connectivity index (χ3v) is 4.29. The third kappa shape index (κ3) is 3.67. The molecule has 26 heavy (non-hydrogen) atoms. The maximum atomic E-state index is 14.0. The second-order valence-electron chi connectivity index (χ2n) is 6.35. The average Bonchev–Trinajstić information content (AvgIpc) is 2.59. The Morgan fingerprint density at radius 1 is 1.23 bits per heavy atom. The highest BCUT2D eigenvalue weighted by molar-refractivity contribution is 9.10. The summed E-state index contributed by atoms with van der Waals surface area (Å²) in [6, 6.07) is 11.1. The standard InChI is InChI=1S/C19H17BrFN3O2/c1-11(2)10-24-19(26)14-6-4-3-5-13(14)17(23-24)18(25)22-16-8-7-12(20)9-15(16)21/h3-9,11H,10H2,1-2H3,(H,22,25). The van der Waals surface area contributed by atoms with E-state index in [9.17, 15) is 14.0 Å². The second kappa shape index (κ2) is 7.37. The van der Waals surface area contributed by atoms with Crippen LogP contribution in [0.2, 0.25) is 0 Å². The predicted octanol–water partition coefficient (Wildman–Crippen LogP) is 4.21. The van der Waals surface area contributed by atoms with Gasteiger partial charge in [0.2, 0.25) is 0 Å². The topological polar surface area (TPSA) is 64.0 Å². The van der Waals surface area contributed by atoms with Gasteiger partial charge in [0.1, 0.15) is 5.82 Å². The molecule has 0 atom stereocenters. The van der Waals surface area contributed by atoms with Crippen LogP contribution in [-0.4, -0.2) is 15.7 Å². The van der Waals surface area contributed by atoms with Crippen molar-refractivity contribution in [3.05, 3.63) is 68.8 Å². The Morgan fingerprint density at radius 2 is 1.92 bits per heavy atom. The number of anilines is 1. The summed E-state index contributed by atoms with van der Waals surface area (Å²) in [5.74, 6) is -0.950. The van der Waals surface area contributed by atoms with E-state index >= 15 is 0 Å². The summed E-state index contributed by atoms with van der Waals surface area (Å²) in [4.78, 5) is 25.3. The summed E-state index contributed by atoms with van der Waals surface area (Å²) in [6.45, 7) is 4.30. The predicted molar refractivity (Wildman–Crippen MR) is 103 cm³/mol. The molecule has 5 nitrogen and oxygen atoms in total. The summed E-state index contributed by atoms with van der Waals surface area (Å²) in [5.41, 5.74) is -0.116. The van der Waals surface area contributed by atoms with Gasteiger partial charge in [-0.3, -0.25) is 9.59 Å². The molecule has 3 rings (SSSR count). The number of benzene rings is 2. The number of carbonyl (C=O) groups excluding carboxylic acids is 1. The van der Waals surface area contributed by atoms with Crippen LogP contribution in [0.1, 0.15) is 24.3 Å². The first-order chi connectivity index (χ1) is 12.4. The highest BCUT2D eigenvalue weighted by atomic mass is 79.9. The Hall–Kier alpha value is -2.54. The molecule has 0 aliphatic rings. The molecule has 0 saturated carbocycles. The van der Waals surface area contributed by atoms with Crippen LogP contribution in [0.3, 0.4) is 0 Å². The molecule has 0 aliphatic heterocycles. The van der Waals surface area contributed by atoms with Crippen LogP contribution >= 0.6 is 15.9 Å². The van der Waals surface area contributed by atoms with Crippen LogP contribution in [0.15, 0.2) is 51.7 Å². The Bertz CT molecular complexity index is 1050. The maximum Gasteiger partial charge on any atom is 0.276 e. The van der Waals surface area contributed by atoms with E-state index in [1.54, 1.807) is 30.3 Å². The summed E-state index contributed by atoms with van der Waals surface area (Å²) in [5, 5.41) is 7.62. The summed E-state index contributed by atoms with van der Waals surface area (Å²) in [7, 11) is 0. The zero-order valence-electron chi connectivity index (χ0n) is 14.3. The van der Waals surface area contributed by atoms with E-state index in [4.69, 9.17) is 0 Å². The number of hydrogen-bond donors (Lipinski definition) is 1. The molecule has 1 amide bonds. The van der Waals surface area contributed by atoms with Crippen molar-refractivity contribution in [3.63, 3.8) is 0 Å². The van der Waals surface area contributed by atoms with Crippen LogP contribution in [0.5, 0.6) is 0 Å². The van der Waals surface area contributed by atoms with Gasteiger partial charge in [0.25, 0.3) is 11.5 Å². The summed E-state index contributed by atoms with van der Waals surface area (Å²) >= 11 is 3.18. The lowest BCUT2D eigenvalue weighted by atomic mass is 10.1. The van der Waals surface area contributed by atoms with E-state index in [1.165, 1.54) is 16.8 Å². The fraction of sp³-hybridized carbons (Fsp3) is 0.211. The zero-order chi connectivity index (χ0) is 18.8. The smallest absolute Gasteiger partial charge is 0.276 e. The Balaban J connectivity index is 2.09. The maximum absolute atomic E-state index is 14.0. The SMILES string of the molecule is CC(C)Cn1nc(C(=O)Nc2ccc(Br)cc2F)c2ccccc2c1=O. The van der Waals surface area contributed by atoms with Crippen molar-refractivity contribution >= 4 is 38.3 Å². The Kier molecular flexibility index (Phi) is 5.18. The third-order valence-electron chi connectivity index (χ3n) is 3.80. The van der Waals surface area contributed by atoms with Crippen molar-refractivity contribution in [2.45, 2.75) is 20.4 Å². The average molecular weight is 418 g/mol. The van der Waals surface area contributed by atoms with E-state index in [1.807, 2.05) is 13.8 Å². The van der Waals surface area contributed by atoms with Crippen LogP contribution in [0.4, 0.5) is 10.1 Å². The number of nitrogens with zero attached hydrogens (tertiary/aromatic N) is 2. The Labute approximate surface area is 158 Å². The highest BCUT2D eigenvalue weighted by Gasteiger charge is 2.18. The molecule has 1 aromatic heterocycles. The largest absolute Gasteiger partial charge is 0.318 e. The molecule has 0 unspecified atom stereocenters. The molecule has 2 aromatic carbocycles. The number of rotatable bonds is 4. The minimum Gasteiger partial charge on any atom is -0.318 e. The van der Waals surface area contributed by atoms with Gasteiger partial charge in [-0.05, 0) is 30.2 Å². The fourth-order valence-electron chi connectivity index (χ4n) is 2.64. The minimum atomic E-state index is -0.570. The molecule has 0 saturated heterocycles. The molecule has 134 valence electrons. The van der Waals surface area contributed by atoms with Crippen LogP contribution in [-0.2, 0) is 6.54 Å². The van der Waals surface area contributed by atoms with Crippen LogP contribution < -0.4 is 10.9 Å². The van der Waals surface area contributed by atoms with Gasteiger partial charge in [-0.15, -0.1) is 0 Å². The van der Waals surface area contributed by atoms with Crippen molar-refractivity contribution in [3.8, 4) is 0 Å². The number of halogens is 2. The fourth-order valence-corrected chi connectivity index (χ4v) is 2.98. The van der Waals surface area contributed by atoms with Crippen molar-refractivity contribution in [2.24, 2.45) is 5.92 Å². The first kappa shape index (κ1) is 18.3. The van der Waals surface area contributed by atoms with Crippen molar-refractivity contribution < 1.29 is 9.18 Å². The minimum absolute atomic E-state index is 0.0469. The number of carbonyl (C=O) groups is 1. The number of fused-ring (bicyclic) bond motifs is 1. The molecule has 0 fully saturated rings. The Morgan fingerprint density at radius 3 is 2.58 bits per heavy atom. The van der Waals surface area contributed by atoms with Gasteiger partial charge in [0.15, 0.2) is 5.69 Å². The number of hydrogen-bond acceptors (Lipinski definition) is 3. The normalized spacial score (nSPS) is 11.1. The van der Waals surface area contributed by atoms with Gasteiger partial charge in [0, 0.05) is 16.4 Å². The van der Waals surface area contributed by atoms with Crippen LogP contribution in [0.25, 0.3) is 10.8 Å². The van der Waals surface area contributed by atoms with Crippen LogP contribution in [0, 0.1) is 11.7 Å². The van der Waals surface area contributed by atoms with E-state index in [2.05, 4.69) is 26.3 Å². The molecular formula is C19H17BrFN3O2. The molecule has 0 bridgehead atoms. The summed E-state index contributed by atoms with van der Waals surface area (Å²) in [6.07, 6.45) is 0. The molecule has 0 radical (unpaired) electrons. The first-order valence-corrected chi connectivity index (χ1v) is 8.92. The number of amides is 1. The van der Waals surface area contributed by atoms with Crippen molar-refractivity contribution in [1.29, 1.82) is 0 Å². The van der Waals surface area contributed by atoms with Gasteiger partial charge in [-0.25, -0.2) is 9.07 Å². The second-order valence-corrected chi connectivity index (χ2v) is 7.27. The van der Waals surface area contributed by atoms with Crippen molar-refractivity contribution in [1.82, 2.24) is 9.78 Å². The van der Waals surface area contributed by atoms with E-state index < -0.39 is 11.7 Å². The molecule has 1 N–H and O–H groups in total. The molecule has 0 aliphatic carbocycles. The van der Waals surface area contributed by atoms with E-state index in [-0.39, 0.29) is 22.9 Å². The van der Waals surface area contributed by atoms with E-state index in [0.29, 0.717) is 21.8 Å². The van der Waals surface area contributed by atoms with Gasteiger partial charge >= 0.3 is 0 Å². The van der Waals surface area contributed by atoms with Gasteiger partial charge in [-0.2, -0.15) is 5.10 Å². The monoisotopic (exact) mass is 417 g/mol. The van der Waals surface area contributed by atoms with Gasteiger partial charge in [0.05, 0.1) is 11.1 Å². The lowest BCUT2D eigenvalue weighted by Crippen LogP contribution is -2.29. The van der Waals surface area contributed by atoms with E-state index in [0.717, 1.165) is 0 Å². The quantitative estimate of drug-likeness (QED) is 0.691. The molecule has 0 spiro atoms. The van der Waals surface area contributed by atoms with Gasteiger partial charge < -0.3 is 5.32 Å². The highest BCUT2D eigenvalue weighted by Crippen LogP contribution is 2.21. The number of aromatic nitrogens is 2. The summed E-state index contributed by atoms with van der Waals surface area (Å²) < 4.78 is 15.9. The lowest BCUT2D eigenvalue weighted by Gasteiger charge is -2.13.